The van der Waals surface area contributed by atoms with Gasteiger partial charge in [0.1, 0.15) is 0 Å². The topological polar surface area (TPSA) is 54.5 Å². The van der Waals surface area contributed by atoms with E-state index < -0.39 is 10.0 Å². The minimum Gasteiger partial charge on any atom is -0.289 e. The minimum absolute atomic E-state index is 0.0911. The van der Waals surface area contributed by atoms with Crippen LogP contribution in [0.4, 0.5) is 0 Å². The first-order valence-corrected chi connectivity index (χ1v) is 10.3. The zero-order valence-electron chi connectivity index (χ0n) is 15.1. The number of carbonyl (C=O) groups excluding carboxylic acids is 1. The summed E-state index contributed by atoms with van der Waals surface area (Å²) >= 11 is 5.87. The van der Waals surface area contributed by atoms with Crippen molar-refractivity contribution in [3.8, 4) is 0 Å². The van der Waals surface area contributed by atoms with Gasteiger partial charge in [-0.3, -0.25) is 9.10 Å². The van der Waals surface area contributed by atoms with E-state index in [2.05, 4.69) is 0 Å². The molecule has 0 heterocycles. The fourth-order valence-electron chi connectivity index (χ4n) is 2.67. The highest BCUT2D eigenvalue weighted by molar-refractivity contribution is 7.89. The molecule has 4 nitrogen and oxygen atoms in total. The van der Waals surface area contributed by atoms with Gasteiger partial charge in [-0.25, -0.2) is 8.42 Å². The number of hydrogen-bond acceptors (Lipinski definition) is 3. The summed E-state index contributed by atoms with van der Waals surface area (Å²) in [7, 11) is -2.45. The second-order valence-corrected chi connectivity index (χ2v) is 8.46. The van der Waals surface area contributed by atoms with E-state index >= 15 is 0 Å². The molecule has 0 N–H and O–H groups in total. The molecule has 3 rings (SSSR count). The van der Waals surface area contributed by atoms with E-state index in [1.807, 2.05) is 12.1 Å². The molecule has 0 aliphatic heterocycles. The molecular formula is C22H18ClNO3S. The van der Waals surface area contributed by atoms with Crippen LogP contribution in [0.25, 0.3) is 5.70 Å². The van der Waals surface area contributed by atoms with E-state index in [0.717, 1.165) is 4.31 Å². The first-order valence-electron chi connectivity index (χ1n) is 8.50. The van der Waals surface area contributed by atoms with E-state index in [-0.39, 0.29) is 16.4 Å². The summed E-state index contributed by atoms with van der Waals surface area (Å²) in [6.45, 7) is 0. The normalized spacial score (nSPS) is 11.9. The summed E-state index contributed by atoms with van der Waals surface area (Å²) in [6, 6.07) is 23.6. The highest BCUT2D eigenvalue weighted by atomic mass is 35.5. The molecule has 0 saturated heterocycles. The van der Waals surface area contributed by atoms with Crippen LogP contribution in [-0.2, 0) is 10.0 Å². The van der Waals surface area contributed by atoms with Crippen molar-refractivity contribution >= 4 is 33.1 Å². The predicted molar refractivity (Wildman–Crippen MR) is 112 cm³/mol. The molecule has 0 saturated carbocycles. The molecule has 0 aromatic heterocycles. The molecule has 0 amide bonds. The van der Waals surface area contributed by atoms with Crippen LogP contribution in [0.1, 0.15) is 15.9 Å². The fraction of sp³-hybridized carbons (Fsp3) is 0.0455. The number of hydrogen-bond donors (Lipinski definition) is 0. The lowest BCUT2D eigenvalue weighted by Gasteiger charge is -2.23. The van der Waals surface area contributed by atoms with Crippen molar-refractivity contribution in [2.75, 3.05) is 7.05 Å². The Labute approximate surface area is 169 Å². The molecule has 6 heteroatoms. The number of ketones is 1. The maximum Gasteiger partial charge on any atom is 0.264 e. The lowest BCUT2D eigenvalue weighted by molar-refractivity contribution is 0.104. The Bertz CT molecular complexity index is 1090. The van der Waals surface area contributed by atoms with Gasteiger partial charge in [-0.15, -0.1) is 0 Å². The van der Waals surface area contributed by atoms with E-state index in [1.54, 1.807) is 48.5 Å². The Balaban J connectivity index is 2.07. The third kappa shape index (κ3) is 4.32. The monoisotopic (exact) mass is 411 g/mol. The maximum absolute atomic E-state index is 13.1. The Kier molecular flexibility index (Phi) is 5.97. The predicted octanol–water partition coefficient (Wildman–Crippen LogP) is 4.88. The molecule has 0 radical (unpaired) electrons. The first kappa shape index (κ1) is 19.9. The van der Waals surface area contributed by atoms with E-state index in [4.69, 9.17) is 11.6 Å². The summed E-state index contributed by atoms with van der Waals surface area (Å²) in [5, 5.41) is 0.444. The van der Waals surface area contributed by atoms with Gasteiger partial charge in [0, 0.05) is 23.7 Å². The number of allylic oxidation sites excluding steroid dienone is 1. The number of nitrogens with zero attached hydrogens (tertiary/aromatic N) is 1. The van der Waals surface area contributed by atoms with Crippen molar-refractivity contribution < 1.29 is 13.2 Å². The molecule has 0 unspecified atom stereocenters. The minimum atomic E-state index is -3.88. The number of carbonyl (C=O) groups is 1. The van der Waals surface area contributed by atoms with E-state index in [0.29, 0.717) is 16.1 Å². The van der Waals surface area contributed by atoms with Gasteiger partial charge >= 0.3 is 0 Å². The molecule has 0 bridgehead atoms. The van der Waals surface area contributed by atoms with Crippen LogP contribution in [0, 0.1) is 0 Å². The average molecular weight is 412 g/mol. The molecular weight excluding hydrogens is 394 g/mol. The van der Waals surface area contributed by atoms with Crippen molar-refractivity contribution in [1.29, 1.82) is 0 Å². The molecule has 0 aliphatic rings. The molecule has 3 aromatic rings. The van der Waals surface area contributed by atoms with Crippen molar-refractivity contribution in [3.63, 3.8) is 0 Å². The molecule has 0 atom stereocenters. The summed E-state index contributed by atoms with van der Waals surface area (Å²) in [4.78, 5) is 12.8. The standard InChI is InChI=1S/C22H18ClNO3S/c1-24(28(26,27)20-14-12-19(23)13-15-20)21(17-8-4-2-5-9-17)16-22(25)18-10-6-3-7-11-18/h2-16H,1H3/b21-16+. The summed E-state index contributed by atoms with van der Waals surface area (Å²) in [5.74, 6) is -0.280. The number of benzene rings is 3. The Morgan fingerprint density at radius 3 is 1.86 bits per heavy atom. The Morgan fingerprint density at radius 2 is 1.32 bits per heavy atom. The van der Waals surface area contributed by atoms with Gasteiger partial charge in [-0.05, 0) is 29.8 Å². The largest absolute Gasteiger partial charge is 0.289 e. The smallest absolute Gasteiger partial charge is 0.264 e. The van der Waals surface area contributed by atoms with Crippen LogP contribution in [0.15, 0.2) is 95.9 Å². The van der Waals surface area contributed by atoms with Crippen molar-refractivity contribution in [1.82, 2.24) is 4.31 Å². The van der Waals surface area contributed by atoms with Crippen LogP contribution < -0.4 is 0 Å². The van der Waals surface area contributed by atoms with Crippen molar-refractivity contribution in [2.45, 2.75) is 4.90 Å². The molecule has 142 valence electrons. The lowest BCUT2D eigenvalue weighted by atomic mass is 10.1. The highest BCUT2D eigenvalue weighted by Crippen LogP contribution is 2.26. The van der Waals surface area contributed by atoms with Crippen LogP contribution in [-0.4, -0.2) is 25.6 Å². The molecule has 28 heavy (non-hydrogen) atoms. The van der Waals surface area contributed by atoms with Crippen LogP contribution in [0.2, 0.25) is 5.02 Å². The van der Waals surface area contributed by atoms with Gasteiger partial charge in [0.25, 0.3) is 10.0 Å². The SMILES string of the molecule is CN(/C(=C/C(=O)c1ccccc1)c1ccccc1)S(=O)(=O)c1ccc(Cl)cc1. The van der Waals surface area contributed by atoms with E-state index in [1.165, 1.54) is 37.4 Å². The second-order valence-electron chi connectivity index (χ2n) is 6.05. The summed E-state index contributed by atoms with van der Waals surface area (Å²) in [6.07, 6.45) is 1.35. The number of sulfonamides is 1. The van der Waals surface area contributed by atoms with Gasteiger partial charge in [0.15, 0.2) is 5.78 Å². The third-order valence-corrected chi connectivity index (χ3v) is 6.24. The molecule has 0 aliphatic carbocycles. The van der Waals surface area contributed by atoms with Crippen LogP contribution >= 0.6 is 11.6 Å². The Morgan fingerprint density at radius 1 is 0.821 bits per heavy atom. The molecule has 0 spiro atoms. The number of halogens is 1. The zero-order valence-corrected chi connectivity index (χ0v) is 16.7. The Hall–Kier alpha value is -2.89. The van der Waals surface area contributed by atoms with Gasteiger partial charge in [-0.1, -0.05) is 72.3 Å². The van der Waals surface area contributed by atoms with Gasteiger partial charge in [-0.2, -0.15) is 0 Å². The van der Waals surface area contributed by atoms with Gasteiger partial charge in [0.05, 0.1) is 10.6 Å². The second kappa shape index (κ2) is 8.42. The maximum atomic E-state index is 13.1. The van der Waals surface area contributed by atoms with Crippen LogP contribution in [0.3, 0.4) is 0 Å². The lowest BCUT2D eigenvalue weighted by Crippen LogP contribution is -2.26. The zero-order chi connectivity index (χ0) is 20.1. The highest BCUT2D eigenvalue weighted by Gasteiger charge is 2.24. The van der Waals surface area contributed by atoms with Crippen molar-refractivity contribution in [2.24, 2.45) is 0 Å². The molecule has 0 fully saturated rings. The van der Waals surface area contributed by atoms with Crippen LogP contribution in [0.5, 0.6) is 0 Å². The van der Waals surface area contributed by atoms with Crippen molar-refractivity contribution in [3.05, 3.63) is 107 Å². The van der Waals surface area contributed by atoms with Gasteiger partial charge < -0.3 is 0 Å². The summed E-state index contributed by atoms with van der Waals surface area (Å²) in [5.41, 5.74) is 1.38. The third-order valence-electron chi connectivity index (χ3n) is 4.21. The summed E-state index contributed by atoms with van der Waals surface area (Å²) < 4.78 is 27.3. The quantitative estimate of drug-likeness (QED) is 0.429. The van der Waals surface area contributed by atoms with Gasteiger partial charge in [0.2, 0.25) is 0 Å². The average Bonchev–Trinajstić information content (AvgIpc) is 2.73. The fourth-order valence-corrected chi connectivity index (χ4v) is 4.01. The number of rotatable bonds is 6. The first-order chi connectivity index (χ1) is 13.4. The van der Waals surface area contributed by atoms with E-state index in [9.17, 15) is 13.2 Å². The molecule has 3 aromatic carbocycles.